The van der Waals surface area contributed by atoms with Gasteiger partial charge >= 0.3 is 5.97 Å². The molecule has 0 saturated heterocycles. The van der Waals surface area contributed by atoms with Crippen LogP contribution in [0, 0.1) is 25.2 Å². The number of methoxy groups -OCH3 is 1. The van der Waals surface area contributed by atoms with Crippen molar-refractivity contribution in [2.45, 2.75) is 26.7 Å². The van der Waals surface area contributed by atoms with Gasteiger partial charge in [0.25, 0.3) is 5.56 Å². The summed E-state index contributed by atoms with van der Waals surface area (Å²) in [5, 5.41) is 11.9. The lowest BCUT2D eigenvalue weighted by atomic mass is 9.99. The van der Waals surface area contributed by atoms with Crippen molar-refractivity contribution in [1.29, 1.82) is 5.26 Å². The molecule has 0 atom stereocenters. The third-order valence-corrected chi connectivity index (χ3v) is 4.22. The number of aryl methyl sites for hydroxylation is 1. The number of hydrogen-bond donors (Lipinski definition) is 2. The number of aromatic nitrogens is 1. The van der Waals surface area contributed by atoms with Gasteiger partial charge < -0.3 is 19.8 Å². The van der Waals surface area contributed by atoms with Crippen molar-refractivity contribution in [2.75, 3.05) is 19.0 Å². The van der Waals surface area contributed by atoms with Crippen LogP contribution in [0.15, 0.2) is 29.1 Å². The number of nitrogens with one attached hydrogen (secondary N) is 2. The number of esters is 1. The number of hydrogen-bond acceptors (Lipinski definition) is 6. The number of H-pyrrole nitrogens is 1. The average molecular weight is 383 g/mol. The zero-order valence-electron chi connectivity index (χ0n) is 15.9. The zero-order valence-corrected chi connectivity index (χ0v) is 15.9. The van der Waals surface area contributed by atoms with Crippen LogP contribution in [0.3, 0.4) is 0 Å². The zero-order chi connectivity index (χ0) is 20.7. The lowest BCUT2D eigenvalue weighted by molar-refractivity contribution is -0.142. The molecule has 28 heavy (non-hydrogen) atoms. The number of aromatic amines is 1. The van der Waals surface area contributed by atoms with E-state index in [0.29, 0.717) is 29.1 Å². The SMILES string of the molecule is COC(=O)COc1cccc(NC(=O)CCc2c(C)[nH]c(=O)c(C#N)c2C)c1. The normalized spacial score (nSPS) is 10.1. The Balaban J connectivity index is 2.01. The predicted octanol–water partition coefficient (Wildman–Crippen LogP) is 1.99. The smallest absolute Gasteiger partial charge is 0.343 e. The van der Waals surface area contributed by atoms with Gasteiger partial charge in [0.1, 0.15) is 17.4 Å². The number of benzene rings is 1. The molecular formula is C20H21N3O5. The number of amides is 1. The molecule has 1 heterocycles. The van der Waals surface area contributed by atoms with Gasteiger partial charge in [0.15, 0.2) is 6.61 Å². The fourth-order valence-electron chi connectivity index (χ4n) is 2.75. The summed E-state index contributed by atoms with van der Waals surface area (Å²) in [5.41, 5.74) is 2.19. The van der Waals surface area contributed by atoms with Crippen LogP contribution in [0.2, 0.25) is 0 Å². The summed E-state index contributed by atoms with van der Waals surface area (Å²) in [6.07, 6.45) is 0.555. The predicted molar refractivity (Wildman–Crippen MR) is 102 cm³/mol. The molecule has 146 valence electrons. The first kappa shape index (κ1) is 20.7. The highest BCUT2D eigenvalue weighted by Gasteiger charge is 2.13. The monoisotopic (exact) mass is 383 g/mol. The van der Waals surface area contributed by atoms with Gasteiger partial charge in [0.2, 0.25) is 5.91 Å². The second-order valence-electron chi connectivity index (χ2n) is 6.11. The topological polar surface area (TPSA) is 121 Å². The van der Waals surface area contributed by atoms with E-state index in [-0.39, 0.29) is 24.5 Å². The van der Waals surface area contributed by atoms with Crippen LogP contribution in [-0.4, -0.2) is 30.6 Å². The van der Waals surface area contributed by atoms with E-state index in [9.17, 15) is 14.4 Å². The van der Waals surface area contributed by atoms with E-state index in [2.05, 4.69) is 15.0 Å². The lowest BCUT2D eigenvalue weighted by Crippen LogP contribution is -2.18. The molecule has 0 radical (unpaired) electrons. The molecule has 2 N–H and O–H groups in total. The number of carbonyl (C=O) groups excluding carboxylic acids is 2. The Bertz CT molecular complexity index is 988. The molecule has 1 aromatic heterocycles. The third-order valence-electron chi connectivity index (χ3n) is 4.22. The van der Waals surface area contributed by atoms with Crippen LogP contribution >= 0.6 is 0 Å². The number of ether oxygens (including phenoxy) is 2. The van der Waals surface area contributed by atoms with Crippen molar-refractivity contribution in [3.63, 3.8) is 0 Å². The van der Waals surface area contributed by atoms with E-state index >= 15 is 0 Å². The number of anilines is 1. The second-order valence-corrected chi connectivity index (χ2v) is 6.11. The van der Waals surface area contributed by atoms with Crippen molar-refractivity contribution in [2.24, 2.45) is 0 Å². The molecule has 0 fully saturated rings. The van der Waals surface area contributed by atoms with Crippen molar-refractivity contribution in [1.82, 2.24) is 4.98 Å². The standard InChI is InChI=1S/C20H21N3O5/c1-12-16(13(2)22-20(26)17(12)10-21)7-8-18(24)23-14-5-4-6-15(9-14)28-11-19(25)27-3/h4-6,9H,7-8,11H2,1-3H3,(H,22,26)(H,23,24). The van der Waals surface area contributed by atoms with E-state index in [0.717, 1.165) is 5.56 Å². The summed E-state index contributed by atoms with van der Waals surface area (Å²) in [6.45, 7) is 3.22. The first-order valence-corrected chi connectivity index (χ1v) is 8.57. The molecule has 0 saturated carbocycles. The maximum absolute atomic E-state index is 12.3. The van der Waals surface area contributed by atoms with Crippen LogP contribution in [0.4, 0.5) is 5.69 Å². The molecule has 8 nitrogen and oxygen atoms in total. The summed E-state index contributed by atoms with van der Waals surface area (Å²) in [7, 11) is 1.27. The number of carbonyl (C=O) groups is 2. The molecule has 0 aliphatic carbocycles. The maximum Gasteiger partial charge on any atom is 0.343 e. The van der Waals surface area contributed by atoms with Gasteiger partial charge in [-0.25, -0.2) is 4.79 Å². The highest BCUT2D eigenvalue weighted by molar-refractivity contribution is 5.91. The number of nitriles is 1. The molecular weight excluding hydrogens is 362 g/mol. The summed E-state index contributed by atoms with van der Waals surface area (Å²) in [6, 6.07) is 8.56. The summed E-state index contributed by atoms with van der Waals surface area (Å²) in [4.78, 5) is 37.8. The highest BCUT2D eigenvalue weighted by atomic mass is 16.6. The van der Waals surface area contributed by atoms with Gasteiger partial charge in [-0.3, -0.25) is 9.59 Å². The van der Waals surface area contributed by atoms with Crippen molar-refractivity contribution >= 4 is 17.6 Å². The summed E-state index contributed by atoms with van der Waals surface area (Å²) in [5.74, 6) is -0.305. The molecule has 2 aromatic rings. The minimum atomic E-state index is -0.502. The third kappa shape index (κ3) is 5.20. The summed E-state index contributed by atoms with van der Waals surface area (Å²) >= 11 is 0. The van der Waals surface area contributed by atoms with E-state index in [1.54, 1.807) is 38.1 Å². The molecule has 2 rings (SSSR count). The molecule has 0 bridgehead atoms. The quantitative estimate of drug-likeness (QED) is 0.705. The van der Waals surface area contributed by atoms with Gasteiger partial charge in [-0.1, -0.05) is 6.07 Å². The number of nitrogens with zero attached hydrogens (tertiary/aromatic N) is 1. The Morgan fingerprint density at radius 1 is 1.29 bits per heavy atom. The Morgan fingerprint density at radius 2 is 2.04 bits per heavy atom. The van der Waals surface area contributed by atoms with Gasteiger partial charge in [0, 0.05) is 23.9 Å². The Hall–Kier alpha value is -3.60. The minimum absolute atomic E-state index is 0.0662. The highest BCUT2D eigenvalue weighted by Crippen LogP contribution is 2.19. The van der Waals surface area contributed by atoms with Gasteiger partial charge in [-0.2, -0.15) is 5.26 Å². The molecule has 0 aliphatic rings. The fraction of sp³-hybridized carbons (Fsp3) is 0.300. The number of pyridine rings is 1. The fourth-order valence-corrected chi connectivity index (χ4v) is 2.75. The van der Waals surface area contributed by atoms with Gasteiger partial charge in [-0.15, -0.1) is 0 Å². The van der Waals surface area contributed by atoms with Gasteiger partial charge in [0.05, 0.1) is 7.11 Å². The summed E-state index contributed by atoms with van der Waals surface area (Å²) < 4.78 is 9.80. The lowest BCUT2D eigenvalue weighted by Gasteiger charge is -2.11. The van der Waals surface area contributed by atoms with Crippen LogP contribution < -0.4 is 15.6 Å². The Kier molecular flexibility index (Phi) is 6.93. The van der Waals surface area contributed by atoms with E-state index in [4.69, 9.17) is 10.00 Å². The molecule has 0 aliphatic heterocycles. The van der Waals surface area contributed by atoms with Crippen LogP contribution in [-0.2, 0) is 20.7 Å². The van der Waals surface area contributed by atoms with Crippen LogP contribution in [0.25, 0.3) is 0 Å². The molecule has 0 unspecified atom stereocenters. The molecule has 0 spiro atoms. The van der Waals surface area contributed by atoms with E-state index in [1.807, 2.05) is 6.07 Å². The average Bonchev–Trinajstić information content (AvgIpc) is 2.66. The van der Waals surface area contributed by atoms with Crippen molar-refractivity contribution in [3.05, 3.63) is 57.0 Å². The number of rotatable bonds is 7. The minimum Gasteiger partial charge on any atom is -0.482 e. The van der Waals surface area contributed by atoms with E-state index in [1.165, 1.54) is 7.11 Å². The van der Waals surface area contributed by atoms with Gasteiger partial charge in [-0.05, 0) is 43.5 Å². The Morgan fingerprint density at radius 3 is 2.71 bits per heavy atom. The second kappa shape index (κ2) is 9.37. The largest absolute Gasteiger partial charge is 0.482 e. The first-order chi connectivity index (χ1) is 13.3. The maximum atomic E-state index is 12.3. The van der Waals surface area contributed by atoms with Crippen molar-refractivity contribution < 1.29 is 19.1 Å². The van der Waals surface area contributed by atoms with Crippen LogP contribution in [0.1, 0.15) is 28.8 Å². The van der Waals surface area contributed by atoms with Crippen LogP contribution in [0.5, 0.6) is 5.75 Å². The van der Waals surface area contributed by atoms with E-state index < -0.39 is 11.5 Å². The molecule has 1 amide bonds. The Labute approximate surface area is 162 Å². The van der Waals surface area contributed by atoms with Crippen molar-refractivity contribution in [3.8, 4) is 11.8 Å². The molecule has 1 aromatic carbocycles. The first-order valence-electron chi connectivity index (χ1n) is 8.57. The molecule has 8 heteroatoms.